The smallest absolute Gasteiger partial charge is 0.665 e. The summed E-state index contributed by atoms with van der Waals surface area (Å²) in [6.07, 6.45) is -0.711. The van der Waals surface area contributed by atoms with Crippen LogP contribution < -0.4 is 35.3 Å². The first-order chi connectivity index (χ1) is 4.18. The van der Waals surface area contributed by atoms with Crippen molar-refractivity contribution >= 4 is 12.6 Å². The molecule has 0 saturated carbocycles. The molecule has 0 aliphatic heterocycles. The fraction of sp³-hybridized carbons (Fsp3) is 0.500. The van der Waals surface area contributed by atoms with Gasteiger partial charge in [-0.3, -0.25) is 0 Å². The molecule has 0 unspecified atom stereocenters. The molecule has 5 nitrogen and oxygen atoms in total. The average Bonchev–Trinajstić information content (AvgIpc) is 1.67. The van der Waals surface area contributed by atoms with Gasteiger partial charge in [0.25, 0.3) is 0 Å². The van der Waals surface area contributed by atoms with Crippen LogP contribution in [0.4, 0.5) is 4.79 Å². The summed E-state index contributed by atoms with van der Waals surface area (Å²) in [7, 11) is 0. The Morgan fingerprint density at radius 3 is 2.10 bits per heavy atom. The molecule has 0 aliphatic carbocycles. The second kappa shape index (κ2) is 15.9. The van der Waals surface area contributed by atoms with E-state index in [9.17, 15) is 4.79 Å². The largest absolute Gasteiger partial charge is 1.00 e. The molecule has 0 aromatic carbocycles. The summed E-state index contributed by atoms with van der Waals surface area (Å²) in [5.74, 6) is 0. The minimum Gasteiger partial charge on any atom is -0.665 e. The summed E-state index contributed by atoms with van der Waals surface area (Å²) in [6, 6.07) is 0. The number of hydrogen-bond donors (Lipinski definition) is 2. The molecule has 3 N–H and O–H groups in total. The molecule has 0 fully saturated rings. The molecule has 0 aliphatic rings. The van der Waals surface area contributed by atoms with E-state index >= 15 is 0 Å². The zero-order valence-corrected chi connectivity index (χ0v) is 7.96. The van der Waals surface area contributed by atoms with Crippen molar-refractivity contribution in [1.82, 2.24) is 0 Å². The zero-order valence-electron chi connectivity index (χ0n) is 5.96. The maximum Gasteiger partial charge on any atom is 1.00 e. The van der Waals surface area contributed by atoms with Crippen molar-refractivity contribution in [3.8, 4) is 0 Å². The van der Waals surface area contributed by atoms with Gasteiger partial charge in [0.1, 0.15) is 0 Å². The number of hydrogen-bond acceptors (Lipinski definition) is 3. The van der Waals surface area contributed by atoms with Crippen LogP contribution in [-0.4, -0.2) is 24.3 Å². The number of nitrogens with two attached hydrogens (primary N) is 1. The van der Waals surface area contributed by atoms with Crippen LogP contribution in [0.1, 0.15) is 6.92 Å². The van der Waals surface area contributed by atoms with Crippen LogP contribution in [0.15, 0.2) is 0 Å². The third-order valence-electron chi connectivity index (χ3n) is 0.287. The summed E-state index contributed by atoms with van der Waals surface area (Å²) < 4.78 is 4.18. The van der Waals surface area contributed by atoms with Gasteiger partial charge in [-0.25, -0.2) is 4.79 Å². The van der Waals surface area contributed by atoms with Crippen LogP contribution in [0.25, 0.3) is 0 Å². The van der Waals surface area contributed by atoms with Crippen molar-refractivity contribution in [2.75, 3.05) is 6.61 Å². The molecule has 0 heterocycles. The van der Waals surface area contributed by atoms with Crippen molar-refractivity contribution in [3.05, 3.63) is 0 Å². The number of rotatable bonds is 1. The van der Waals surface area contributed by atoms with Crippen LogP contribution in [0, 0.1) is 0 Å². The van der Waals surface area contributed by atoms with Gasteiger partial charge in [-0.1, -0.05) is 6.47 Å². The SMILES string of the molecule is CCOC(N)=O.O=[C-]O.[Na+]. The normalized spacial score (nSPS) is 5.70. The summed E-state index contributed by atoms with van der Waals surface area (Å²) >= 11 is 0. The van der Waals surface area contributed by atoms with Crippen molar-refractivity contribution in [1.29, 1.82) is 0 Å². The summed E-state index contributed by atoms with van der Waals surface area (Å²) in [5.41, 5.74) is 4.54. The minimum absolute atomic E-state index is 0. The third kappa shape index (κ3) is 46.8. The van der Waals surface area contributed by atoms with E-state index in [0.29, 0.717) is 13.1 Å². The molecule has 0 aromatic rings. The second-order valence-electron chi connectivity index (χ2n) is 0.843. The monoisotopic (exact) mass is 157 g/mol. The van der Waals surface area contributed by atoms with Gasteiger partial charge in [0.15, 0.2) is 0 Å². The Balaban J connectivity index is -0.000000107. The Morgan fingerprint density at radius 2 is 2.10 bits per heavy atom. The van der Waals surface area contributed by atoms with E-state index in [1.807, 2.05) is 0 Å². The predicted octanol–water partition coefficient (Wildman–Crippen LogP) is -3.28. The third-order valence-corrected chi connectivity index (χ3v) is 0.287. The molecule has 54 valence electrons. The quantitative estimate of drug-likeness (QED) is 0.308. The number of carbonyl (C=O) groups excluding carboxylic acids is 1. The second-order valence-corrected chi connectivity index (χ2v) is 0.843. The van der Waals surface area contributed by atoms with Crippen LogP contribution in [0.2, 0.25) is 0 Å². The number of amides is 1. The van der Waals surface area contributed by atoms with Gasteiger partial charge in [-0.2, -0.15) is 0 Å². The first kappa shape index (κ1) is 16.4. The Labute approximate surface area is 80.8 Å². The molecular formula is C4H8NNaO4. The topological polar surface area (TPSA) is 89.6 Å². The number of primary amides is 1. The fourth-order valence-electron chi connectivity index (χ4n) is 0.142. The predicted molar refractivity (Wildman–Crippen MR) is 29.5 cm³/mol. The molecule has 0 spiro atoms. The van der Waals surface area contributed by atoms with Crippen LogP contribution in [-0.2, 0) is 9.53 Å². The average molecular weight is 157 g/mol. The first-order valence-electron chi connectivity index (χ1n) is 2.12. The molecule has 0 radical (unpaired) electrons. The summed E-state index contributed by atoms with van der Waals surface area (Å²) in [4.78, 5) is 17.8. The molecular weight excluding hydrogens is 149 g/mol. The van der Waals surface area contributed by atoms with E-state index in [1.165, 1.54) is 0 Å². The molecule has 0 rings (SSSR count). The number of ether oxygens (including phenoxy) is 1. The van der Waals surface area contributed by atoms with Gasteiger partial charge < -0.3 is 20.4 Å². The maximum absolute atomic E-state index is 9.60. The fourth-order valence-corrected chi connectivity index (χ4v) is 0.142. The van der Waals surface area contributed by atoms with Gasteiger partial charge in [0.2, 0.25) is 0 Å². The first-order valence-corrected chi connectivity index (χ1v) is 2.12. The molecule has 0 bridgehead atoms. The van der Waals surface area contributed by atoms with E-state index < -0.39 is 6.09 Å². The minimum atomic E-state index is -0.711. The van der Waals surface area contributed by atoms with Gasteiger partial charge in [-0.15, -0.1) is 0 Å². The van der Waals surface area contributed by atoms with Gasteiger partial charge >= 0.3 is 35.7 Å². The van der Waals surface area contributed by atoms with Crippen LogP contribution in [0.3, 0.4) is 0 Å². The van der Waals surface area contributed by atoms with Crippen molar-refractivity contribution < 1.29 is 49.0 Å². The number of carbonyl (C=O) groups is 1. The van der Waals surface area contributed by atoms with Crippen molar-refractivity contribution in [2.45, 2.75) is 6.92 Å². The molecule has 1 amide bonds. The van der Waals surface area contributed by atoms with E-state index in [-0.39, 0.29) is 29.6 Å². The molecule has 6 heteroatoms. The maximum atomic E-state index is 9.60. The number of aliphatic hydroxyl groups excluding tert-OH is 1. The van der Waals surface area contributed by atoms with Crippen LogP contribution in [0.5, 0.6) is 0 Å². The van der Waals surface area contributed by atoms with Gasteiger partial charge in [-0.05, 0) is 6.92 Å². The van der Waals surface area contributed by atoms with Gasteiger partial charge in [0, 0.05) is 0 Å². The standard InChI is InChI=1S/C3H7NO2.CHO2.Na/c1-2-6-3(4)5;2-1-3;/h2H2,1H3,(H2,4,5);(H,2,3);/q;-1;+1. The van der Waals surface area contributed by atoms with Crippen molar-refractivity contribution in [2.24, 2.45) is 5.73 Å². The van der Waals surface area contributed by atoms with Crippen LogP contribution >= 0.6 is 0 Å². The molecule has 0 saturated heterocycles. The summed E-state index contributed by atoms with van der Waals surface area (Å²) in [5, 5.41) is 6.76. The van der Waals surface area contributed by atoms with E-state index in [1.54, 1.807) is 6.92 Å². The zero-order chi connectivity index (χ0) is 7.70. The Hall–Kier alpha value is -0.260. The Kier molecular flexibility index (Phi) is 26.0. The van der Waals surface area contributed by atoms with E-state index in [0.717, 1.165) is 0 Å². The van der Waals surface area contributed by atoms with Gasteiger partial charge in [0.05, 0.1) is 6.61 Å². The van der Waals surface area contributed by atoms with Crippen molar-refractivity contribution in [3.63, 3.8) is 0 Å². The Bertz CT molecular complexity index is 87.3. The van der Waals surface area contributed by atoms with E-state index in [2.05, 4.69) is 10.5 Å². The Morgan fingerprint density at radius 1 is 1.80 bits per heavy atom. The summed E-state index contributed by atoms with van der Waals surface area (Å²) in [6.45, 7) is 2.56. The molecule has 0 atom stereocenters. The molecule has 10 heavy (non-hydrogen) atoms. The van der Waals surface area contributed by atoms with E-state index in [4.69, 9.17) is 9.90 Å². The molecule has 0 aromatic heterocycles.